The summed E-state index contributed by atoms with van der Waals surface area (Å²) in [5.74, 6) is 0. The van der Waals surface area contributed by atoms with E-state index in [9.17, 15) is 10.1 Å². The van der Waals surface area contributed by atoms with Crippen LogP contribution >= 0.6 is 22.6 Å². The molecule has 0 aliphatic rings. The molecule has 0 amide bonds. The predicted octanol–water partition coefficient (Wildman–Crippen LogP) is 2.67. The smallest absolute Gasteiger partial charge is 0.282 e. The molecular formula is C11H15IN2O3. The van der Waals surface area contributed by atoms with Crippen molar-refractivity contribution in [3.05, 3.63) is 31.9 Å². The zero-order valence-corrected chi connectivity index (χ0v) is 12.0. The van der Waals surface area contributed by atoms with Gasteiger partial charge in [-0.3, -0.25) is 10.1 Å². The van der Waals surface area contributed by atoms with Crippen LogP contribution in [-0.2, 0) is 4.74 Å². The van der Waals surface area contributed by atoms with Crippen LogP contribution in [0.4, 0.5) is 11.4 Å². The van der Waals surface area contributed by atoms with Crippen LogP contribution in [0.2, 0.25) is 0 Å². The fourth-order valence-corrected chi connectivity index (χ4v) is 2.05. The van der Waals surface area contributed by atoms with Crippen molar-refractivity contribution in [2.45, 2.75) is 6.92 Å². The van der Waals surface area contributed by atoms with Crippen molar-refractivity contribution >= 4 is 34.0 Å². The number of nitro benzene ring substituents is 1. The van der Waals surface area contributed by atoms with Crippen LogP contribution in [-0.4, -0.2) is 31.7 Å². The SMILES string of the molecule is CCOCCN(C)c1ccc([N+](=O)[O-])c(I)c1. The van der Waals surface area contributed by atoms with Gasteiger partial charge >= 0.3 is 0 Å². The minimum absolute atomic E-state index is 0.146. The van der Waals surface area contributed by atoms with Gasteiger partial charge in [-0.15, -0.1) is 0 Å². The third-order valence-corrected chi connectivity index (χ3v) is 3.21. The molecule has 0 N–H and O–H groups in total. The minimum atomic E-state index is -0.369. The Morgan fingerprint density at radius 1 is 1.53 bits per heavy atom. The van der Waals surface area contributed by atoms with Gasteiger partial charge in [-0.05, 0) is 41.6 Å². The second-order valence-corrected chi connectivity index (χ2v) is 4.67. The second kappa shape index (κ2) is 6.75. The first kappa shape index (κ1) is 14.2. The van der Waals surface area contributed by atoms with E-state index in [4.69, 9.17) is 4.74 Å². The van der Waals surface area contributed by atoms with E-state index in [0.29, 0.717) is 16.8 Å². The Morgan fingerprint density at radius 2 is 2.24 bits per heavy atom. The highest BCUT2D eigenvalue weighted by Crippen LogP contribution is 2.25. The first-order valence-electron chi connectivity index (χ1n) is 5.29. The van der Waals surface area contributed by atoms with Gasteiger partial charge in [0.05, 0.1) is 15.1 Å². The highest BCUT2D eigenvalue weighted by atomic mass is 127. The number of nitro groups is 1. The molecule has 0 aliphatic carbocycles. The van der Waals surface area contributed by atoms with Crippen LogP contribution in [0, 0.1) is 13.7 Å². The summed E-state index contributed by atoms with van der Waals surface area (Å²) in [7, 11) is 1.94. The molecule has 5 nitrogen and oxygen atoms in total. The molecule has 0 saturated carbocycles. The molecule has 17 heavy (non-hydrogen) atoms. The minimum Gasteiger partial charge on any atom is -0.380 e. The van der Waals surface area contributed by atoms with Crippen molar-refractivity contribution in [3.8, 4) is 0 Å². The van der Waals surface area contributed by atoms with Gasteiger partial charge in [-0.2, -0.15) is 0 Å². The van der Waals surface area contributed by atoms with Gasteiger partial charge < -0.3 is 9.64 Å². The van der Waals surface area contributed by atoms with Gasteiger partial charge in [0.1, 0.15) is 0 Å². The standard InChI is InChI=1S/C11H15IN2O3/c1-3-17-7-6-13(2)9-4-5-11(14(15)16)10(12)8-9/h4-5,8H,3,6-7H2,1-2H3. The fourth-order valence-electron chi connectivity index (χ4n) is 1.36. The van der Waals surface area contributed by atoms with Crippen LogP contribution < -0.4 is 4.90 Å². The molecule has 0 aliphatic heterocycles. The van der Waals surface area contributed by atoms with E-state index in [1.807, 2.05) is 47.5 Å². The van der Waals surface area contributed by atoms with E-state index >= 15 is 0 Å². The van der Waals surface area contributed by atoms with E-state index in [-0.39, 0.29) is 10.6 Å². The molecule has 1 aromatic rings. The summed E-state index contributed by atoms with van der Waals surface area (Å²) < 4.78 is 5.91. The van der Waals surface area contributed by atoms with Gasteiger partial charge in [0.15, 0.2) is 0 Å². The summed E-state index contributed by atoms with van der Waals surface area (Å²) in [4.78, 5) is 12.3. The largest absolute Gasteiger partial charge is 0.380 e. The van der Waals surface area contributed by atoms with Crippen LogP contribution in [0.3, 0.4) is 0 Å². The van der Waals surface area contributed by atoms with E-state index < -0.39 is 0 Å². The number of rotatable bonds is 6. The summed E-state index contributed by atoms with van der Waals surface area (Å²) in [6, 6.07) is 5.10. The summed E-state index contributed by atoms with van der Waals surface area (Å²) in [5, 5.41) is 10.7. The van der Waals surface area contributed by atoms with Crippen molar-refractivity contribution in [1.29, 1.82) is 0 Å². The number of hydrogen-bond donors (Lipinski definition) is 0. The van der Waals surface area contributed by atoms with Crippen molar-refractivity contribution < 1.29 is 9.66 Å². The first-order chi connectivity index (χ1) is 8.06. The lowest BCUT2D eigenvalue weighted by Crippen LogP contribution is -2.22. The number of halogens is 1. The lowest BCUT2D eigenvalue weighted by molar-refractivity contribution is -0.385. The second-order valence-electron chi connectivity index (χ2n) is 3.51. The highest BCUT2D eigenvalue weighted by molar-refractivity contribution is 14.1. The van der Waals surface area contributed by atoms with E-state index in [1.165, 1.54) is 6.07 Å². The van der Waals surface area contributed by atoms with Gasteiger partial charge in [0.2, 0.25) is 0 Å². The first-order valence-corrected chi connectivity index (χ1v) is 6.37. The lowest BCUT2D eigenvalue weighted by Gasteiger charge is -2.19. The van der Waals surface area contributed by atoms with Gasteiger partial charge in [0.25, 0.3) is 5.69 Å². The molecule has 0 bridgehead atoms. The maximum Gasteiger partial charge on any atom is 0.282 e. The zero-order valence-electron chi connectivity index (χ0n) is 9.85. The summed E-state index contributed by atoms with van der Waals surface area (Å²) in [6.45, 7) is 4.07. The zero-order chi connectivity index (χ0) is 12.8. The quantitative estimate of drug-likeness (QED) is 0.343. The van der Waals surface area contributed by atoms with Crippen molar-refractivity contribution in [1.82, 2.24) is 0 Å². The third kappa shape index (κ3) is 4.12. The number of likely N-dealkylation sites (N-methyl/N-ethyl adjacent to an activating group) is 1. The topological polar surface area (TPSA) is 55.6 Å². The summed E-state index contributed by atoms with van der Waals surface area (Å²) >= 11 is 1.98. The number of ether oxygens (including phenoxy) is 1. The Morgan fingerprint density at radius 3 is 2.76 bits per heavy atom. The molecule has 0 spiro atoms. The Bertz CT molecular complexity index is 398. The average Bonchev–Trinajstić information content (AvgIpc) is 2.28. The number of benzene rings is 1. The van der Waals surface area contributed by atoms with Crippen LogP contribution in [0.1, 0.15) is 6.92 Å². The van der Waals surface area contributed by atoms with Crippen LogP contribution in [0.5, 0.6) is 0 Å². The van der Waals surface area contributed by atoms with E-state index in [0.717, 1.165) is 12.2 Å². The summed E-state index contributed by atoms with van der Waals surface area (Å²) in [6.07, 6.45) is 0. The number of hydrogen-bond acceptors (Lipinski definition) is 4. The molecular weight excluding hydrogens is 335 g/mol. The maximum absolute atomic E-state index is 10.7. The molecule has 0 fully saturated rings. The Kier molecular flexibility index (Phi) is 5.63. The normalized spacial score (nSPS) is 10.3. The molecule has 0 unspecified atom stereocenters. The molecule has 6 heteroatoms. The number of nitrogens with zero attached hydrogens (tertiary/aromatic N) is 2. The lowest BCUT2D eigenvalue weighted by atomic mass is 10.2. The summed E-state index contributed by atoms with van der Waals surface area (Å²) in [5.41, 5.74) is 1.10. The Balaban J connectivity index is 2.72. The molecule has 0 radical (unpaired) electrons. The Hall–Kier alpha value is -0.890. The van der Waals surface area contributed by atoms with E-state index in [2.05, 4.69) is 0 Å². The molecule has 1 rings (SSSR count). The molecule has 94 valence electrons. The molecule has 0 atom stereocenters. The molecule has 0 heterocycles. The van der Waals surface area contributed by atoms with Crippen molar-refractivity contribution in [2.75, 3.05) is 31.7 Å². The van der Waals surface area contributed by atoms with Crippen molar-refractivity contribution in [3.63, 3.8) is 0 Å². The highest BCUT2D eigenvalue weighted by Gasteiger charge is 2.12. The maximum atomic E-state index is 10.7. The third-order valence-electron chi connectivity index (χ3n) is 2.34. The van der Waals surface area contributed by atoms with Crippen LogP contribution in [0.15, 0.2) is 18.2 Å². The molecule has 0 saturated heterocycles. The predicted molar refractivity (Wildman–Crippen MR) is 75.6 cm³/mol. The van der Waals surface area contributed by atoms with Gasteiger partial charge in [-0.1, -0.05) is 0 Å². The van der Waals surface area contributed by atoms with Gasteiger partial charge in [0, 0.05) is 32.0 Å². The molecule has 0 aromatic heterocycles. The Labute approximate surface area is 114 Å². The van der Waals surface area contributed by atoms with Gasteiger partial charge in [-0.25, -0.2) is 0 Å². The van der Waals surface area contributed by atoms with E-state index in [1.54, 1.807) is 6.07 Å². The molecule has 1 aromatic carbocycles. The van der Waals surface area contributed by atoms with Crippen molar-refractivity contribution in [2.24, 2.45) is 0 Å². The monoisotopic (exact) mass is 350 g/mol. The number of anilines is 1. The van der Waals surface area contributed by atoms with Crippen LogP contribution in [0.25, 0.3) is 0 Å². The fraction of sp³-hybridized carbons (Fsp3) is 0.455. The average molecular weight is 350 g/mol.